The number of nitrogens with two attached hydrogens (primary N) is 1. The molecule has 1 aliphatic heterocycles. The molecule has 33 heavy (non-hydrogen) atoms. The number of hydrogen-bond donors (Lipinski definition) is 3. The third kappa shape index (κ3) is 5.10. The van der Waals surface area contributed by atoms with E-state index in [0.29, 0.717) is 17.9 Å². The highest BCUT2D eigenvalue weighted by Crippen LogP contribution is 2.34. The van der Waals surface area contributed by atoms with Gasteiger partial charge in [0.25, 0.3) is 0 Å². The van der Waals surface area contributed by atoms with Gasteiger partial charge in [-0.25, -0.2) is 4.98 Å². The van der Waals surface area contributed by atoms with E-state index < -0.39 is 11.7 Å². The fourth-order valence-corrected chi connectivity index (χ4v) is 4.21. The smallest absolute Gasteiger partial charge is 0.399 e. The second-order valence-corrected chi connectivity index (χ2v) is 8.29. The predicted molar refractivity (Wildman–Crippen MR) is 122 cm³/mol. The number of halogens is 3. The molecule has 0 spiro atoms. The molecule has 4 rings (SSSR count). The Morgan fingerprint density at radius 1 is 1.21 bits per heavy atom. The van der Waals surface area contributed by atoms with Gasteiger partial charge in [0.1, 0.15) is 5.82 Å². The molecule has 0 saturated carbocycles. The molecule has 0 radical (unpaired) electrons. The molecular formula is C23H25F3N6O. The average Bonchev–Trinajstić information content (AvgIpc) is 2.72. The fourth-order valence-electron chi connectivity index (χ4n) is 4.21. The topological polar surface area (TPSA) is 96.2 Å². The van der Waals surface area contributed by atoms with Crippen LogP contribution in [0.1, 0.15) is 30.9 Å². The number of piperidine rings is 1. The first-order valence-electron chi connectivity index (χ1n) is 10.6. The highest BCUT2D eigenvalue weighted by molar-refractivity contribution is 5.93. The van der Waals surface area contributed by atoms with Crippen LogP contribution in [0.4, 0.5) is 36.3 Å². The van der Waals surface area contributed by atoms with Crippen LogP contribution in [0.2, 0.25) is 0 Å². The fraction of sp³-hybridized carbons (Fsp3) is 0.348. The number of nitrogen functional groups attached to an aromatic ring is 1. The number of carbonyl (C=O) groups excluding carboxylic acids is 1. The van der Waals surface area contributed by atoms with E-state index in [-0.39, 0.29) is 29.3 Å². The number of alkyl halides is 3. The summed E-state index contributed by atoms with van der Waals surface area (Å²) in [5, 5.41) is 6.73. The lowest BCUT2D eigenvalue weighted by molar-refractivity contribution is -0.137. The highest BCUT2D eigenvalue weighted by atomic mass is 19.4. The Hall–Kier alpha value is -3.56. The second-order valence-electron chi connectivity index (χ2n) is 8.29. The summed E-state index contributed by atoms with van der Waals surface area (Å²) < 4.78 is 39.7. The first kappa shape index (κ1) is 22.6. The summed E-state index contributed by atoms with van der Waals surface area (Å²) in [5.41, 5.74) is 6.64. The SMILES string of the molecule is CC(=O)NC1CCCN(c2nc(Nc3cc(N)cc(C(F)(F)F)c3)nc3cccc(C)c23)C1. The van der Waals surface area contributed by atoms with Crippen LogP contribution in [0.15, 0.2) is 36.4 Å². The summed E-state index contributed by atoms with van der Waals surface area (Å²) in [6, 6.07) is 8.94. The van der Waals surface area contributed by atoms with Crippen LogP contribution in [-0.2, 0) is 11.0 Å². The van der Waals surface area contributed by atoms with Crippen LogP contribution in [0.5, 0.6) is 0 Å². The lowest BCUT2D eigenvalue weighted by Crippen LogP contribution is -2.47. The molecule has 2 heterocycles. The average molecular weight is 458 g/mol. The van der Waals surface area contributed by atoms with E-state index >= 15 is 0 Å². The number of aryl methyl sites for hydroxylation is 1. The van der Waals surface area contributed by atoms with Gasteiger partial charge in [-0.05, 0) is 49.6 Å². The predicted octanol–water partition coefficient (Wildman–Crippen LogP) is 4.39. The zero-order valence-electron chi connectivity index (χ0n) is 18.3. The molecule has 1 aromatic heterocycles. The number of nitrogens with zero attached hydrogens (tertiary/aromatic N) is 3. The molecule has 0 aliphatic carbocycles. The van der Waals surface area contributed by atoms with Crippen LogP contribution in [0.25, 0.3) is 10.9 Å². The van der Waals surface area contributed by atoms with Crippen molar-refractivity contribution < 1.29 is 18.0 Å². The van der Waals surface area contributed by atoms with E-state index in [2.05, 4.69) is 25.5 Å². The maximum atomic E-state index is 13.2. The molecule has 7 nitrogen and oxygen atoms in total. The molecule has 10 heteroatoms. The Bertz CT molecular complexity index is 1200. The molecule has 174 valence electrons. The quantitative estimate of drug-likeness (QED) is 0.502. The van der Waals surface area contributed by atoms with Gasteiger partial charge < -0.3 is 21.3 Å². The summed E-state index contributed by atoms with van der Waals surface area (Å²) in [5.74, 6) is 0.758. The van der Waals surface area contributed by atoms with Crippen molar-refractivity contribution in [2.24, 2.45) is 0 Å². The van der Waals surface area contributed by atoms with Gasteiger partial charge in [0, 0.05) is 42.8 Å². The lowest BCUT2D eigenvalue weighted by Gasteiger charge is -2.34. The number of carbonyl (C=O) groups is 1. The summed E-state index contributed by atoms with van der Waals surface area (Å²) >= 11 is 0. The molecule has 1 amide bonds. The zero-order valence-corrected chi connectivity index (χ0v) is 18.3. The van der Waals surface area contributed by atoms with Crippen LogP contribution < -0.4 is 21.3 Å². The van der Waals surface area contributed by atoms with Gasteiger partial charge in [-0.2, -0.15) is 18.2 Å². The maximum absolute atomic E-state index is 13.2. The number of hydrogen-bond acceptors (Lipinski definition) is 6. The molecule has 1 saturated heterocycles. The standard InChI is InChI=1S/C23H25F3N6O/c1-13-5-3-7-19-20(13)21(32-8-4-6-17(12-32)28-14(2)33)31-22(30-19)29-18-10-15(23(24,25)26)9-16(27)11-18/h3,5,7,9-11,17H,4,6,8,12,27H2,1-2H3,(H,28,33)(H,29,30,31). The van der Waals surface area contributed by atoms with Crippen LogP contribution in [0.3, 0.4) is 0 Å². The van der Waals surface area contributed by atoms with Crippen molar-refractivity contribution >= 4 is 40.0 Å². The Labute approximate surface area is 189 Å². The number of nitrogens with one attached hydrogen (secondary N) is 2. The zero-order chi connectivity index (χ0) is 23.8. The number of anilines is 4. The molecule has 1 atom stereocenters. The maximum Gasteiger partial charge on any atom is 0.416 e. The Kier molecular flexibility index (Phi) is 6.01. The number of aromatic nitrogens is 2. The van der Waals surface area contributed by atoms with E-state index in [9.17, 15) is 18.0 Å². The second kappa shape index (κ2) is 8.76. The van der Waals surface area contributed by atoms with Crippen molar-refractivity contribution in [3.05, 3.63) is 47.5 Å². The lowest BCUT2D eigenvalue weighted by atomic mass is 10.0. The Balaban J connectivity index is 1.74. The summed E-state index contributed by atoms with van der Waals surface area (Å²) in [6.45, 7) is 4.78. The minimum atomic E-state index is -4.52. The van der Waals surface area contributed by atoms with Crippen molar-refractivity contribution in [1.29, 1.82) is 0 Å². The largest absolute Gasteiger partial charge is 0.416 e. The summed E-state index contributed by atoms with van der Waals surface area (Å²) in [6.07, 6.45) is -2.78. The van der Waals surface area contributed by atoms with Gasteiger partial charge in [-0.15, -0.1) is 0 Å². The highest BCUT2D eigenvalue weighted by Gasteiger charge is 2.31. The van der Waals surface area contributed by atoms with E-state index in [4.69, 9.17) is 5.73 Å². The van der Waals surface area contributed by atoms with Crippen molar-refractivity contribution in [3.8, 4) is 0 Å². The number of fused-ring (bicyclic) bond motifs is 1. The normalized spacial score (nSPS) is 16.6. The van der Waals surface area contributed by atoms with Gasteiger partial charge in [0.15, 0.2) is 0 Å². The minimum Gasteiger partial charge on any atom is -0.399 e. The molecule has 1 aliphatic rings. The molecule has 1 unspecified atom stereocenters. The third-order valence-electron chi connectivity index (χ3n) is 5.58. The van der Waals surface area contributed by atoms with E-state index in [1.54, 1.807) is 0 Å². The van der Waals surface area contributed by atoms with E-state index in [0.717, 1.165) is 42.5 Å². The van der Waals surface area contributed by atoms with E-state index in [1.807, 2.05) is 25.1 Å². The number of benzene rings is 2. The Morgan fingerprint density at radius 3 is 2.73 bits per heavy atom. The third-order valence-corrected chi connectivity index (χ3v) is 5.58. The monoisotopic (exact) mass is 458 g/mol. The first-order chi connectivity index (χ1) is 15.6. The Morgan fingerprint density at radius 2 is 2.00 bits per heavy atom. The van der Waals surface area contributed by atoms with Gasteiger partial charge in [0.05, 0.1) is 11.1 Å². The van der Waals surface area contributed by atoms with E-state index in [1.165, 1.54) is 13.0 Å². The van der Waals surface area contributed by atoms with Crippen molar-refractivity contribution in [3.63, 3.8) is 0 Å². The van der Waals surface area contributed by atoms with Gasteiger partial charge in [0.2, 0.25) is 11.9 Å². The van der Waals surface area contributed by atoms with Crippen LogP contribution in [-0.4, -0.2) is 35.0 Å². The van der Waals surface area contributed by atoms with Crippen molar-refractivity contribution in [1.82, 2.24) is 15.3 Å². The van der Waals surface area contributed by atoms with Crippen LogP contribution >= 0.6 is 0 Å². The number of amides is 1. The summed E-state index contributed by atoms with van der Waals surface area (Å²) in [4.78, 5) is 22.9. The van der Waals surface area contributed by atoms with Gasteiger partial charge >= 0.3 is 6.18 Å². The molecule has 1 fully saturated rings. The first-order valence-corrected chi connectivity index (χ1v) is 10.6. The minimum absolute atomic E-state index is 0.00930. The number of rotatable bonds is 4. The molecule has 4 N–H and O–H groups in total. The van der Waals surface area contributed by atoms with Crippen LogP contribution in [0, 0.1) is 6.92 Å². The van der Waals surface area contributed by atoms with Gasteiger partial charge in [-0.3, -0.25) is 4.79 Å². The molecule has 2 aromatic carbocycles. The molecule has 3 aromatic rings. The molecule has 0 bridgehead atoms. The molecular weight excluding hydrogens is 433 g/mol. The van der Waals surface area contributed by atoms with Crippen molar-refractivity contribution in [2.75, 3.05) is 29.0 Å². The summed E-state index contributed by atoms with van der Waals surface area (Å²) in [7, 11) is 0. The van der Waals surface area contributed by atoms with Crippen molar-refractivity contribution in [2.45, 2.75) is 38.9 Å². The van der Waals surface area contributed by atoms with Gasteiger partial charge in [-0.1, -0.05) is 12.1 Å².